The Hall–Kier alpha value is -1.47. The van der Waals surface area contributed by atoms with E-state index < -0.39 is 5.97 Å². The number of hydrogen-bond donors (Lipinski definition) is 1. The molecular formula is C11H8BrFN2O2S. The van der Waals surface area contributed by atoms with Crippen LogP contribution in [0.3, 0.4) is 0 Å². The highest BCUT2D eigenvalue weighted by Crippen LogP contribution is 2.25. The van der Waals surface area contributed by atoms with E-state index >= 15 is 0 Å². The van der Waals surface area contributed by atoms with Crippen LogP contribution in [0, 0.1) is 5.82 Å². The van der Waals surface area contributed by atoms with Crippen LogP contribution in [0.1, 0.15) is 9.67 Å². The van der Waals surface area contributed by atoms with E-state index in [0.717, 1.165) is 11.3 Å². The number of halogens is 2. The van der Waals surface area contributed by atoms with E-state index in [2.05, 4.69) is 31.0 Å². The van der Waals surface area contributed by atoms with Crippen LogP contribution in [-0.4, -0.2) is 18.1 Å². The van der Waals surface area contributed by atoms with Gasteiger partial charge >= 0.3 is 5.97 Å². The number of thiazole rings is 1. The largest absolute Gasteiger partial charge is 0.465 e. The minimum atomic E-state index is -0.442. The van der Waals surface area contributed by atoms with Crippen molar-refractivity contribution >= 4 is 44.1 Å². The fourth-order valence-electron chi connectivity index (χ4n) is 1.22. The molecule has 0 unspecified atom stereocenters. The monoisotopic (exact) mass is 330 g/mol. The van der Waals surface area contributed by atoms with Crippen molar-refractivity contribution in [1.82, 2.24) is 4.98 Å². The lowest BCUT2D eigenvalue weighted by atomic mass is 10.3. The summed E-state index contributed by atoms with van der Waals surface area (Å²) >= 11 is 4.21. The van der Waals surface area contributed by atoms with E-state index in [1.165, 1.54) is 19.4 Å². The van der Waals surface area contributed by atoms with Gasteiger partial charge in [-0.2, -0.15) is 0 Å². The number of esters is 1. The number of carbonyl (C=O) groups is 1. The number of nitrogens with zero attached hydrogens (tertiary/aromatic N) is 1. The standard InChI is InChI=1S/C11H8BrFN2O2S/c1-17-10(16)9-5-14-11(18-9)15-6-2-3-7(12)8(13)4-6/h2-5H,1H3,(H,14,15). The summed E-state index contributed by atoms with van der Waals surface area (Å²) < 4.78 is 18.3. The summed E-state index contributed by atoms with van der Waals surface area (Å²) in [6.07, 6.45) is 1.41. The zero-order valence-electron chi connectivity index (χ0n) is 9.24. The van der Waals surface area contributed by atoms with Crippen LogP contribution in [0.25, 0.3) is 0 Å². The molecule has 0 atom stereocenters. The number of nitrogens with one attached hydrogen (secondary N) is 1. The lowest BCUT2D eigenvalue weighted by Crippen LogP contribution is -1.96. The summed E-state index contributed by atoms with van der Waals surface area (Å²) in [6, 6.07) is 4.63. The zero-order chi connectivity index (χ0) is 13.1. The van der Waals surface area contributed by atoms with E-state index in [-0.39, 0.29) is 5.82 Å². The van der Waals surface area contributed by atoms with Gasteiger partial charge in [-0.15, -0.1) is 0 Å². The Morgan fingerprint density at radius 1 is 1.56 bits per heavy atom. The lowest BCUT2D eigenvalue weighted by Gasteiger charge is -2.02. The van der Waals surface area contributed by atoms with Crippen LogP contribution < -0.4 is 5.32 Å². The van der Waals surface area contributed by atoms with Crippen molar-refractivity contribution in [2.45, 2.75) is 0 Å². The first-order valence-electron chi connectivity index (χ1n) is 4.86. The van der Waals surface area contributed by atoms with Gasteiger partial charge in [-0.3, -0.25) is 0 Å². The summed E-state index contributed by atoms with van der Waals surface area (Å²) in [5, 5.41) is 3.41. The molecule has 0 bridgehead atoms. The average Bonchev–Trinajstić information content (AvgIpc) is 2.81. The summed E-state index contributed by atoms with van der Waals surface area (Å²) in [7, 11) is 1.30. The Balaban J connectivity index is 2.16. The molecule has 1 N–H and O–H groups in total. The number of anilines is 2. The van der Waals surface area contributed by atoms with Crippen LogP contribution >= 0.6 is 27.3 Å². The molecule has 0 saturated heterocycles. The van der Waals surface area contributed by atoms with Crippen molar-refractivity contribution < 1.29 is 13.9 Å². The molecule has 1 aromatic carbocycles. The van der Waals surface area contributed by atoms with E-state index in [4.69, 9.17) is 0 Å². The molecule has 0 radical (unpaired) electrons. The van der Waals surface area contributed by atoms with Crippen LogP contribution in [0.4, 0.5) is 15.2 Å². The van der Waals surface area contributed by atoms with Gasteiger partial charge in [0, 0.05) is 5.69 Å². The van der Waals surface area contributed by atoms with Gasteiger partial charge < -0.3 is 10.1 Å². The quantitative estimate of drug-likeness (QED) is 0.874. The van der Waals surface area contributed by atoms with E-state index in [0.29, 0.717) is 20.2 Å². The number of benzene rings is 1. The summed E-state index contributed by atoms with van der Waals surface area (Å²) in [6.45, 7) is 0. The SMILES string of the molecule is COC(=O)c1cnc(Nc2ccc(Br)c(F)c2)s1. The molecule has 4 nitrogen and oxygen atoms in total. The Labute approximate surface area is 115 Å². The van der Waals surface area contributed by atoms with Gasteiger partial charge in [0.15, 0.2) is 5.13 Å². The highest BCUT2D eigenvalue weighted by Gasteiger charge is 2.10. The number of aromatic nitrogens is 1. The maximum Gasteiger partial charge on any atom is 0.349 e. The number of ether oxygens (including phenoxy) is 1. The molecular weight excluding hydrogens is 323 g/mol. The molecule has 0 aliphatic heterocycles. The first-order valence-corrected chi connectivity index (χ1v) is 6.47. The van der Waals surface area contributed by atoms with Crippen LogP contribution in [0.2, 0.25) is 0 Å². The lowest BCUT2D eigenvalue weighted by molar-refractivity contribution is 0.0606. The topological polar surface area (TPSA) is 51.2 Å². The smallest absolute Gasteiger partial charge is 0.349 e. The average molecular weight is 331 g/mol. The highest BCUT2D eigenvalue weighted by atomic mass is 79.9. The molecule has 0 saturated carbocycles. The Bertz CT molecular complexity index is 588. The molecule has 94 valence electrons. The molecule has 1 heterocycles. The predicted octanol–water partition coefficient (Wildman–Crippen LogP) is 3.57. The fourth-order valence-corrected chi connectivity index (χ4v) is 2.23. The van der Waals surface area contributed by atoms with Gasteiger partial charge in [0.1, 0.15) is 10.7 Å². The second kappa shape index (κ2) is 5.45. The summed E-state index contributed by atoms with van der Waals surface area (Å²) in [4.78, 5) is 15.6. The third-order valence-corrected chi connectivity index (χ3v) is 3.60. The van der Waals surface area contributed by atoms with Crippen LogP contribution in [-0.2, 0) is 4.74 Å². The number of hydrogen-bond acceptors (Lipinski definition) is 5. The fraction of sp³-hybridized carbons (Fsp3) is 0.0909. The van der Waals surface area contributed by atoms with Crippen molar-refractivity contribution in [1.29, 1.82) is 0 Å². The number of methoxy groups -OCH3 is 1. The van der Waals surface area contributed by atoms with Crippen LogP contribution in [0.15, 0.2) is 28.9 Å². The molecule has 0 fully saturated rings. The summed E-state index contributed by atoms with van der Waals surface area (Å²) in [5.74, 6) is -0.813. The third kappa shape index (κ3) is 2.85. The molecule has 18 heavy (non-hydrogen) atoms. The van der Waals surface area contributed by atoms with Gasteiger partial charge in [0.05, 0.1) is 17.8 Å². The van der Waals surface area contributed by atoms with E-state index in [9.17, 15) is 9.18 Å². The molecule has 0 spiro atoms. The molecule has 7 heteroatoms. The Kier molecular flexibility index (Phi) is 3.93. The zero-order valence-corrected chi connectivity index (χ0v) is 11.6. The van der Waals surface area contributed by atoms with E-state index in [1.54, 1.807) is 12.1 Å². The molecule has 0 amide bonds. The van der Waals surface area contributed by atoms with Crippen molar-refractivity contribution in [3.8, 4) is 0 Å². The minimum Gasteiger partial charge on any atom is -0.465 e. The highest BCUT2D eigenvalue weighted by molar-refractivity contribution is 9.10. The van der Waals surface area contributed by atoms with Crippen molar-refractivity contribution in [2.24, 2.45) is 0 Å². The van der Waals surface area contributed by atoms with Gasteiger partial charge in [-0.05, 0) is 34.1 Å². The van der Waals surface area contributed by atoms with Gasteiger partial charge in [0.25, 0.3) is 0 Å². The first kappa shape index (κ1) is 13.0. The Morgan fingerprint density at radius 3 is 3.00 bits per heavy atom. The maximum atomic E-state index is 13.3. The molecule has 2 rings (SSSR count). The maximum absolute atomic E-state index is 13.3. The molecule has 2 aromatic rings. The second-order valence-corrected chi connectivity index (χ2v) is 5.16. The predicted molar refractivity (Wildman–Crippen MR) is 70.8 cm³/mol. The number of carbonyl (C=O) groups excluding carboxylic acids is 1. The Morgan fingerprint density at radius 2 is 2.33 bits per heavy atom. The minimum absolute atomic E-state index is 0.371. The second-order valence-electron chi connectivity index (χ2n) is 3.28. The summed E-state index contributed by atoms with van der Waals surface area (Å²) in [5.41, 5.74) is 0.557. The van der Waals surface area contributed by atoms with Crippen molar-refractivity contribution in [3.63, 3.8) is 0 Å². The molecule has 1 aromatic heterocycles. The van der Waals surface area contributed by atoms with Gasteiger partial charge in [0.2, 0.25) is 0 Å². The van der Waals surface area contributed by atoms with Crippen LogP contribution in [0.5, 0.6) is 0 Å². The van der Waals surface area contributed by atoms with Gasteiger partial charge in [-0.1, -0.05) is 11.3 Å². The third-order valence-electron chi connectivity index (χ3n) is 2.06. The molecule has 0 aliphatic carbocycles. The van der Waals surface area contributed by atoms with Crippen molar-refractivity contribution in [3.05, 3.63) is 39.6 Å². The van der Waals surface area contributed by atoms with Gasteiger partial charge in [-0.25, -0.2) is 14.2 Å². The normalized spacial score (nSPS) is 10.2. The molecule has 0 aliphatic rings. The van der Waals surface area contributed by atoms with Crippen molar-refractivity contribution in [2.75, 3.05) is 12.4 Å². The number of rotatable bonds is 3. The first-order chi connectivity index (χ1) is 8.60. The van der Waals surface area contributed by atoms with E-state index in [1.807, 2.05) is 0 Å².